The number of carbonyl (C=O) groups excluding carboxylic acids is 1. The minimum Gasteiger partial charge on any atom is -0.497 e. The van der Waals surface area contributed by atoms with Crippen molar-refractivity contribution in [3.05, 3.63) is 53.9 Å². The van der Waals surface area contributed by atoms with Gasteiger partial charge in [-0.25, -0.2) is 0 Å². The first-order valence-electron chi connectivity index (χ1n) is 9.00. The fourth-order valence-corrected chi connectivity index (χ4v) is 3.27. The Bertz CT molecular complexity index is 774. The molecule has 0 unspecified atom stereocenters. The summed E-state index contributed by atoms with van der Waals surface area (Å²) < 4.78 is 10.9. The molecular weight excluding hydrogens is 346 g/mol. The number of carbonyl (C=O) groups is 1. The summed E-state index contributed by atoms with van der Waals surface area (Å²) in [4.78, 5) is 18.8. The maximum Gasteiger partial charge on any atom is 0.257 e. The van der Waals surface area contributed by atoms with E-state index in [0.29, 0.717) is 56.1 Å². The molecule has 0 radical (unpaired) electrons. The number of nitrogens with zero attached hydrogens (tertiary/aromatic N) is 2. The normalized spacial score (nSPS) is 16.0. The third-order valence-corrected chi connectivity index (χ3v) is 4.87. The van der Waals surface area contributed by atoms with Crippen LogP contribution >= 0.6 is 0 Å². The molecule has 1 fully saturated rings. The average molecular weight is 371 g/mol. The SMILES string of the molecule is COc1ccc(C(=O)N2CCC(O)(c3cccnc3)CC2)c(OCCN)c1. The molecule has 7 nitrogen and oxygen atoms in total. The first-order valence-corrected chi connectivity index (χ1v) is 9.00. The Hall–Kier alpha value is -2.64. The van der Waals surface area contributed by atoms with Gasteiger partial charge >= 0.3 is 0 Å². The lowest BCUT2D eigenvalue weighted by Gasteiger charge is -2.38. The smallest absolute Gasteiger partial charge is 0.257 e. The highest BCUT2D eigenvalue weighted by Crippen LogP contribution is 2.34. The number of ether oxygens (including phenoxy) is 2. The van der Waals surface area contributed by atoms with Crippen molar-refractivity contribution in [3.8, 4) is 11.5 Å². The van der Waals surface area contributed by atoms with E-state index >= 15 is 0 Å². The standard InChI is InChI=1S/C20H25N3O4/c1-26-16-4-5-17(18(13-16)27-12-8-21)19(24)23-10-6-20(25,7-11-23)15-3-2-9-22-14-15/h2-5,9,13-14,25H,6-8,10-12,21H2,1H3. The number of methoxy groups -OCH3 is 1. The number of nitrogens with two attached hydrogens (primary N) is 1. The van der Waals surface area contributed by atoms with Crippen molar-refractivity contribution < 1.29 is 19.4 Å². The minimum absolute atomic E-state index is 0.127. The molecule has 7 heteroatoms. The van der Waals surface area contributed by atoms with Gasteiger partial charge in [-0.2, -0.15) is 0 Å². The second-order valence-electron chi connectivity index (χ2n) is 6.56. The van der Waals surface area contributed by atoms with Crippen LogP contribution in [0.1, 0.15) is 28.8 Å². The lowest BCUT2D eigenvalue weighted by atomic mass is 9.85. The van der Waals surface area contributed by atoms with Crippen LogP contribution in [0.5, 0.6) is 11.5 Å². The van der Waals surface area contributed by atoms with Crippen LogP contribution < -0.4 is 15.2 Å². The van der Waals surface area contributed by atoms with E-state index in [9.17, 15) is 9.90 Å². The molecule has 1 aromatic carbocycles. The van der Waals surface area contributed by atoms with E-state index in [2.05, 4.69) is 4.98 Å². The zero-order chi connectivity index (χ0) is 19.3. The van der Waals surface area contributed by atoms with E-state index < -0.39 is 5.60 Å². The first kappa shape index (κ1) is 19.1. The predicted octanol–water partition coefficient (Wildman–Crippen LogP) is 1.55. The highest BCUT2D eigenvalue weighted by molar-refractivity contribution is 5.97. The van der Waals surface area contributed by atoms with Crippen LogP contribution in [0.2, 0.25) is 0 Å². The van der Waals surface area contributed by atoms with Gasteiger partial charge in [-0.05, 0) is 31.0 Å². The Morgan fingerprint density at radius 3 is 2.74 bits per heavy atom. The lowest BCUT2D eigenvalue weighted by Crippen LogP contribution is -2.45. The Balaban J connectivity index is 1.74. The molecule has 2 heterocycles. The van der Waals surface area contributed by atoms with Gasteiger partial charge in [0.1, 0.15) is 18.1 Å². The summed E-state index contributed by atoms with van der Waals surface area (Å²) in [5.74, 6) is 0.943. The Labute approximate surface area is 158 Å². The van der Waals surface area contributed by atoms with Crippen LogP contribution in [0.25, 0.3) is 0 Å². The maximum atomic E-state index is 13.0. The van der Waals surface area contributed by atoms with Gasteiger partial charge in [-0.3, -0.25) is 9.78 Å². The summed E-state index contributed by atoms with van der Waals surface area (Å²) >= 11 is 0. The fraction of sp³-hybridized carbons (Fsp3) is 0.400. The zero-order valence-corrected chi connectivity index (χ0v) is 15.4. The van der Waals surface area contributed by atoms with Gasteiger partial charge in [-0.15, -0.1) is 0 Å². The number of piperidine rings is 1. The van der Waals surface area contributed by atoms with Crippen LogP contribution in [0.15, 0.2) is 42.7 Å². The van der Waals surface area contributed by atoms with Gasteiger partial charge in [0.2, 0.25) is 0 Å². The quantitative estimate of drug-likeness (QED) is 0.800. The molecule has 1 aliphatic heterocycles. The molecule has 0 bridgehead atoms. The van der Waals surface area contributed by atoms with Crippen LogP contribution in [-0.4, -0.2) is 54.2 Å². The van der Waals surface area contributed by atoms with E-state index in [1.165, 1.54) is 0 Å². The maximum absolute atomic E-state index is 13.0. The van der Waals surface area contributed by atoms with Gasteiger partial charge < -0.3 is 25.2 Å². The summed E-state index contributed by atoms with van der Waals surface area (Å²) in [5, 5.41) is 10.9. The number of amides is 1. The number of hydrogen-bond donors (Lipinski definition) is 2. The van der Waals surface area contributed by atoms with Crippen LogP contribution in [-0.2, 0) is 5.60 Å². The molecule has 0 saturated carbocycles. The molecule has 2 aromatic rings. The summed E-state index contributed by atoms with van der Waals surface area (Å²) in [6, 6.07) is 8.81. The van der Waals surface area contributed by atoms with Gasteiger partial charge in [0, 0.05) is 43.7 Å². The predicted molar refractivity (Wildman–Crippen MR) is 101 cm³/mol. The number of pyridine rings is 1. The largest absolute Gasteiger partial charge is 0.497 e. The average Bonchev–Trinajstić information content (AvgIpc) is 2.72. The Morgan fingerprint density at radius 1 is 1.33 bits per heavy atom. The topological polar surface area (TPSA) is 97.9 Å². The highest BCUT2D eigenvalue weighted by Gasteiger charge is 2.36. The fourth-order valence-electron chi connectivity index (χ4n) is 3.27. The minimum atomic E-state index is -0.955. The van der Waals surface area contributed by atoms with Gasteiger partial charge in [0.15, 0.2) is 0 Å². The number of hydrogen-bond acceptors (Lipinski definition) is 6. The third-order valence-electron chi connectivity index (χ3n) is 4.87. The molecule has 144 valence electrons. The molecule has 3 N–H and O–H groups in total. The molecule has 27 heavy (non-hydrogen) atoms. The molecule has 0 aliphatic carbocycles. The van der Waals surface area contributed by atoms with Crippen molar-refractivity contribution in [1.82, 2.24) is 9.88 Å². The monoisotopic (exact) mass is 371 g/mol. The first-order chi connectivity index (χ1) is 13.1. The molecule has 0 atom stereocenters. The van der Waals surface area contributed by atoms with Gasteiger partial charge in [0.25, 0.3) is 5.91 Å². The molecule has 1 amide bonds. The Morgan fingerprint density at radius 2 is 2.11 bits per heavy atom. The Kier molecular flexibility index (Phi) is 5.93. The zero-order valence-electron chi connectivity index (χ0n) is 15.4. The number of benzene rings is 1. The lowest BCUT2D eigenvalue weighted by molar-refractivity contribution is -0.0214. The molecule has 1 aromatic heterocycles. The molecule has 0 spiro atoms. The van der Waals surface area contributed by atoms with E-state index in [1.54, 1.807) is 42.6 Å². The van der Waals surface area contributed by atoms with Crippen molar-refractivity contribution in [2.24, 2.45) is 5.73 Å². The van der Waals surface area contributed by atoms with Gasteiger partial charge in [0.05, 0.1) is 18.3 Å². The van der Waals surface area contributed by atoms with Crippen LogP contribution in [0.3, 0.4) is 0 Å². The number of aliphatic hydroxyl groups is 1. The van der Waals surface area contributed by atoms with E-state index in [-0.39, 0.29) is 5.91 Å². The molecule has 3 rings (SSSR count). The van der Waals surface area contributed by atoms with Crippen molar-refractivity contribution in [1.29, 1.82) is 0 Å². The van der Waals surface area contributed by atoms with Gasteiger partial charge in [-0.1, -0.05) is 6.07 Å². The second kappa shape index (κ2) is 8.37. The number of aromatic nitrogens is 1. The number of rotatable bonds is 6. The van der Waals surface area contributed by atoms with E-state index in [4.69, 9.17) is 15.2 Å². The number of likely N-dealkylation sites (tertiary alicyclic amines) is 1. The van der Waals surface area contributed by atoms with E-state index in [1.807, 2.05) is 12.1 Å². The molecule has 1 aliphatic rings. The molecule has 1 saturated heterocycles. The van der Waals surface area contributed by atoms with E-state index in [0.717, 1.165) is 5.56 Å². The second-order valence-corrected chi connectivity index (χ2v) is 6.56. The third kappa shape index (κ3) is 4.20. The van der Waals surface area contributed by atoms with Crippen molar-refractivity contribution in [2.45, 2.75) is 18.4 Å². The highest BCUT2D eigenvalue weighted by atomic mass is 16.5. The summed E-state index contributed by atoms with van der Waals surface area (Å²) in [5.41, 5.74) is 5.82. The molecular formula is C20H25N3O4. The van der Waals surface area contributed by atoms with Crippen molar-refractivity contribution in [2.75, 3.05) is 33.4 Å². The van der Waals surface area contributed by atoms with Crippen molar-refractivity contribution in [3.63, 3.8) is 0 Å². The summed E-state index contributed by atoms with van der Waals surface area (Å²) in [6.45, 7) is 1.57. The summed E-state index contributed by atoms with van der Waals surface area (Å²) in [6.07, 6.45) is 4.27. The van der Waals surface area contributed by atoms with Crippen LogP contribution in [0, 0.1) is 0 Å². The van der Waals surface area contributed by atoms with Crippen LogP contribution in [0.4, 0.5) is 0 Å². The van der Waals surface area contributed by atoms with Crippen molar-refractivity contribution >= 4 is 5.91 Å². The summed E-state index contributed by atoms with van der Waals surface area (Å²) in [7, 11) is 1.56.